The molecule has 0 spiro atoms. The number of carbonyl (C=O) groups is 3. The summed E-state index contributed by atoms with van der Waals surface area (Å²) in [6.07, 6.45) is 1.92. The summed E-state index contributed by atoms with van der Waals surface area (Å²) in [6.45, 7) is 4.98. The number of benzene rings is 1. The molecule has 1 saturated heterocycles. The van der Waals surface area contributed by atoms with Gasteiger partial charge in [0.05, 0.1) is 10.5 Å². The maximum absolute atomic E-state index is 12.1. The number of hydrogen-bond acceptors (Lipinski definition) is 7. The Kier molecular flexibility index (Phi) is 7.30. The van der Waals surface area contributed by atoms with Crippen molar-refractivity contribution in [1.29, 1.82) is 0 Å². The van der Waals surface area contributed by atoms with Crippen molar-refractivity contribution in [3.8, 4) is 0 Å². The fourth-order valence-corrected chi connectivity index (χ4v) is 2.74. The maximum Gasteiger partial charge on any atom is 0.338 e. The molecule has 152 valence electrons. The molecule has 1 aliphatic heterocycles. The molecule has 1 aliphatic rings. The molecule has 0 radical (unpaired) electrons. The van der Waals surface area contributed by atoms with Crippen LogP contribution in [0.4, 0.5) is 16.2 Å². The largest absolute Gasteiger partial charge is 0.452 e. The number of nitro groups is 1. The second kappa shape index (κ2) is 9.67. The van der Waals surface area contributed by atoms with Gasteiger partial charge in [-0.2, -0.15) is 0 Å². The Morgan fingerprint density at radius 2 is 1.93 bits per heavy atom. The van der Waals surface area contributed by atoms with Crippen molar-refractivity contribution in [1.82, 2.24) is 10.6 Å². The van der Waals surface area contributed by atoms with E-state index in [0.29, 0.717) is 12.2 Å². The molecule has 0 aromatic heterocycles. The van der Waals surface area contributed by atoms with Gasteiger partial charge in [0.15, 0.2) is 6.61 Å². The molecule has 10 nitrogen and oxygen atoms in total. The third kappa shape index (κ3) is 5.93. The molecule has 0 bridgehead atoms. The molecule has 1 fully saturated rings. The van der Waals surface area contributed by atoms with E-state index >= 15 is 0 Å². The number of esters is 1. The van der Waals surface area contributed by atoms with Crippen molar-refractivity contribution < 1.29 is 24.0 Å². The van der Waals surface area contributed by atoms with E-state index in [1.165, 1.54) is 12.1 Å². The number of nitrogens with one attached hydrogen (secondary N) is 2. The number of urea groups is 1. The second-order valence-electron chi connectivity index (χ2n) is 6.88. The van der Waals surface area contributed by atoms with Gasteiger partial charge in [0.25, 0.3) is 11.6 Å². The van der Waals surface area contributed by atoms with Gasteiger partial charge in [-0.1, -0.05) is 13.8 Å². The highest BCUT2D eigenvalue weighted by Crippen LogP contribution is 2.31. The third-order valence-corrected chi connectivity index (χ3v) is 4.11. The van der Waals surface area contributed by atoms with Crippen molar-refractivity contribution in [3.05, 3.63) is 33.9 Å². The Labute approximate surface area is 162 Å². The van der Waals surface area contributed by atoms with Crippen LogP contribution in [-0.4, -0.2) is 49.1 Å². The lowest BCUT2D eigenvalue weighted by Crippen LogP contribution is -2.42. The molecule has 0 aliphatic carbocycles. The lowest BCUT2D eigenvalue weighted by atomic mass is 10.1. The quantitative estimate of drug-likeness (QED) is 0.411. The zero-order chi connectivity index (χ0) is 20.7. The van der Waals surface area contributed by atoms with Crippen LogP contribution >= 0.6 is 0 Å². The summed E-state index contributed by atoms with van der Waals surface area (Å²) < 4.78 is 4.85. The second-order valence-corrected chi connectivity index (χ2v) is 6.88. The van der Waals surface area contributed by atoms with Crippen LogP contribution in [0.3, 0.4) is 0 Å². The first-order chi connectivity index (χ1) is 13.3. The molecule has 3 amide bonds. The van der Waals surface area contributed by atoms with Crippen molar-refractivity contribution in [2.24, 2.45) is 5.92 Å². The number of nitrogens with zero attached hydrogens (tertiary/aromatic N) is 2. The van der Waals surface area contributed by atoms with E-state index in [9.17, 15) is 24.5 Å². The lowest BCUT2D eigenvalue weighted by molar-refractivity contribution is -0.384. The molecular formula is C18H24N4O6. The number of carbonyl (C=O) groups excluding carboxylic acids is 3. The van der Waals surface area contributed by atoms with Crippen molar-refractivity contribution in [2.75, 3.05) is 31.1 Å². The van der Waals surface area contributed by atoms with Crippen LogP contribution in [0.2, 0.25) is 0 Å². The van der Waals surface area contributed by atoms with E-state index in [4.69, 9.17) is 4.74 Å². The minimum absolute atomic E-state index is 0.0355. The molecule has 10 heteroatoms. The predicted octanol–water partition coefficient (Wildman–Crippen LogP) is 1.83. The van der Waals surface area contributed by atoms with Crippen LogP contribution in [0.25, 0.3) is 0 Å². The molecule has 2 N–H and O–H groups in total. The first-order valence-electron chi connectivity index (χ1n) is 9.06. The van der Waals surface area contributed by atoms with Crippen molar-refractivity contribution >= 4 is 29.3 Å². The molecular weight excluding hydrogens is 368 g/mol. The van der Waals surface area contributed by atoms with Gasteiger partial charge in [0.2, 0.25) is 0 Å². The molecule has 28 heavy (non-hydrogen) atoms. The number of amides is 3. The predicted molar refractivity (Wildman–Crippen MR) is 101 cm³/mol. The number of hydrogen-bond donors (Lipinski definition) is 2. The van der Waals surface area contributed by atoms with Crippen LogP contribution in [0, 0.1) is 16.0 Å². The lowest BCUT2D eigenvalue weighted by Gasteiger charge is -2.17. The van der Waals surface area contributed by atoms with E-state index < -0.39 is 29.4 Å². The summed E-state index contributed by atoms with van der Waals surface area (Å²) in [4.78, 5) is 48.0. The number of nitro benzene ring substituents is 1. The van der Waals surface area contributed by atoms with Gasteiger partial charge in [-0.05, 0) is 30.9 Å². The Balaban J connectivity index is 1.94. The molecule has 0 atom stereocenters. The van der Waals surface area contributed by atoms with Crippen LogP contribution in [0.15, 0.2) is 18.2 Å². The molecule has 2 rings (SSSR count). The summed E-state index contributed by atoms with van der Waals surface area (Å²) in [5, 5.41) is 15.9. The summed E-state index contributed by atoms with van der Waals surface area (Å²) in [5.41, 5.74) is 0.235. The minimum atomic E-state index is -0.881. The van der Waals surface area contributed by atoms with E-state index in [-0.39, 0.29) is 17.2 Å². The van der Waals surface area contributed by atoms with Gasteiger partial charge in [0, 0.05) is 25.7 Å². The minimum Gasteiger partial charge on any atom is -0.452 e. The van der Waals surface area contributed by atoms with Gasteiger partial charge < -0.3 is 15.0 Å². The van der Waals surface area contributed by atoms with Crippen LogP contribution in [-0.2, 0) is 9.53 Å². The fourth-order valence-electron chi connectivity index (χ4n) is 2.74. The zero-order valence-corrected chi connectivity index (χ0v) is 15.9. The number of ether oxygens (including phenoxy) is 1. The number of rotatable bonds is 7. The normalized spacial score (nSPS) is 13.3. The summed E-state index contributed by atoms with van der Waals surface area (Å²) >= 11 is 0. The van der Waals surface area contributed by atoms with Gasteiger partial charge >= 0.3 is 12.0 Å². The summed E-state index contributed by atoms with van der Waals surface area (Å²) in [6, 6.07) is 3.40. The van der Waals surface area contributed by atoms with Gasteiger partial charge in [-0.15, -0.1) is 0 Å². The SMILES string of the molecule is CC(C)CNC(=O)NC(=O)COC(=O)c1ccc(N2CCCC2)c([N+](=O)[O-])c1. The Morgan fingerprint density at radius 1 is 1.25 bits per heavy atom. The summed E-state index contributed by atoms with van der Waals surface area (Å²) in [5.74, 6) is -1.45. The highest BCUT2D eigenvalue weighted by molar-refractivity contribution is 5.97. The number of imide groups is 1. The highest BCUT2D eigenvalue weighted by Gasteiger charge is 2.24. The van der Waals surface area contributed by atoms with Gasteiger partial charge in [-0.3, -0.25) is 20.2 Å². The fraction of sp³-hybridized carbons (Fsp3) is 0.500. The van der Waals surface area contributed by atoms with Gasteiger partial charge in [0.1, 0.15) is 5.69 Å². The Hall–Kier alpha value is -3.17. The number of anilines is 1. The Morgan fingerprint density at radius 3 is 2.54 bits per heavy atom. The van der Waals surface area contributed by atoms with Crippen molar-refractivity contribution in [3.63, 3.8) is 0 Å². The van der Waals surface area contributed by atoms with E-state index in [1.54, 1.807) is 0 Å². The molecule has 1 aromatic rings. The first-order valence-corrected chi connectivity index (χ1v) is 9.06. The molecule has 1 heterocycles. The molecule has 1 aromatic carbocycles. The first kappa shape index (κ1) is 21.1. The van der Waals surface area contributed by atoms with Crippen LogP contribution in [0.5, 0.6) is 0 Å². The third-order valence-electron chi connectivity index (χ3n) is 4.11. The van der Waals surface area contributed by atoms with Gasteiger partial charge in [-0.25, -0.2) is 9.59 Å². The van der Waals surface area contributed by atoms with E-state index in [2.05, 4.69) is 5.32 Å². The Bertz CT molecular complexity index is 758. The van der Waals surface area contributed by atoms with E-state index in [0.717, 1.165) is 32.0 Å². The monoisotopic (exact) mass is 392 g/mol. The topological polar surface area (TPSA) is 131 Å². The maximum atomic E-state index is 12.1. The van der Waals surface area contributed by atoms with Crippen LogP contribution < -0.4 is 15.5 Å². The average Bonchev–Trinajstić information content (AvgIpc) is 3.18. The van der Waals surface area contributed by atoms with E-state index in [1.807, 2.05) is 24.1 Å². The summed E-state index contributed by atoms with van der Waals surface area (Å²) in [7, 11) is 0. The van der Waals surface area contributed by atoms with Crippen molar-refractivity contribution in [2.45, 2.75) is 26.7 Å². The van der Waals surface area contributed by atoms with Crippen LogP contribution in [0.1, 0.15) is 37.0 Å². The smallest absolute Gasteiger partial charge is 0.338 e. The molecule has 0 unspecified atom stereocenters. The standard InChI is InChI=1S/C18H24N4O6/c1-12(2)10-19-18(25)20-16(23)11-28-17(24)13-5-6-14(15(9-13)22(26)27)21-7-3-4-8-21/h5-6,9,12H,3-4,7-8,10-11H2,1-2H3,(H2,19,20,23,25). The zero-order valence-electron chi connectivity index (χ0n) is 15.9. The molecule has 0 saturated carbocycles. The highest BCUT2D eigenvalue weighted by atomic mass is 16.6. The average molecular weight is 392 g/mol.